The van der Waals surface area contributed by atoms with E-state index in [1.165, 1.54) is 0 Å². The summed E-state index contributed by atoms with van der Waals surface area (Å²) in [6, 6.07) is 19.8. The Bertz CT molecular complexity index is 1010. The normalized spacial score (nSPS) is 13.9. The summed E-state index contributed by atoms with van der Waals surface area (Å²) < 4.78 is 19.9. The molecule has 27 heavy (non-hydrogen) atoms. The zero-order valence-corrected chi connectivity index (χ0v) is 19.8. The summed E-state index contributed by atoms with van der Waals surface area (Å²) in [7, 11) is -2.59. The molecule has 0 fully saturated rings. The second-order valence-corrected chi connectivity index (χ2v) is 12.3. The highest BCUT2D eigenvalue weighted by Crippen LogP contribution is 2.62. The molecule has 142 valence electrons. The molecule has 0 aliphatic rings. The van der Waals surface area contributed by atoms with Gasteiger partial charge in [-0.15, -0.1) is 0 Å². The van der Waals surface area contributed by atoms with Crippen molar-refractivity contribution in [3.8, 4) is 5.75 Å². The summed E-state index contributed by atoms with van der Waals surface area (Å²) in [6.07, 6.45) is 0. The van der Waals surface area contributed by atoms with Crippen molar-refractivity contribution in [1.29, 1.82) is 0 Å². The number of furan rings is 1. The van der Waals surface area contributed by atoms with E-state index in [1.807, 2.05) is 67.6 Å². The van der Waals surface area contributed by atoms with Gasteiger partial charge >= 0.3 is 0 Å². The van der Waals surface area contributed by atoms with Crippen LogP contribution in [0.2, 0.25) is 0 Å². The monoisotopic (exact) mass is 509 g/mol. The lowest BCUT2D eigenvalue weighted by molar-refractivity contribution is 0.527. The largest absolute Gasteiger partial charge is 0.457 e. The van der Waals surface area contributed by atoms with Crippen LogP contribution in [-0.2, 0) is 0 Å². The van der Waals surface area contributed by atoms with Crippen LogP contribution in [0, 0.1) is 6.92 Å². The second-order valence-electron chi connectivity index (χ2n) is 7.23. The van der Waals surface area contributed by atoms with Crippen molar-refractivity contribution < 1.29 is 8.94 Å². The Morgan fingerprint density at radius 2 is 1.70 bits per heavy atom. The van der Waals surface area contributed by atoms with E-state index in [0.29, 0.717) is 0 Å². The third-order valence-electron chi connectivity index (χ3n) is 4.07. The Morgan fingerprint density at radius 3 is 2.30 bits per heavy atom. The second kappa shape index (κ2) is 7.98. The van der Waals surface area contributed by atoms with Crippen molar-refractivity contribution in [3.63, 3.8) is 0 Å². The molecule has 3 aromatic rings. The number of nitrogens with zero attached hydrogens (tertiary/aromatic N) is 1. The number of aryl methyl sites for hydroxylation is 1. The lowest BCUT2D eigenvalue weighted by atomic mass is 10.3. The number of halogens is 2. The van der Waals surface area contributed by atoms with Gasteiger partial charge in [-0.1, -0.05) is 54.9 Å². The van der Waals surface area contributed by atoms with Gasteiger partial charge in [0.05, 0.1) is 5.69 Å². The zero-order chi connectivity index (χ0) is 19.7. The Balaban J connectivity index is 2.31. The summed E-state index contributed by atoms with van der Waals surface area (Å²) in [6.45, 7) is 8.39. The summed E-state index contributed by atoms with van der Waals surface area (Å²) in [4.78, 5) is 0. The Labute approximate surface area is 177 Å². The Hall–Kier alpha value is -1.29. The summed E-state index contributed by atoms with van der Waals surface area (Å²) in [5.41, 5.74) is 1.63. The minimum Gasteiger partial charge on any atom is -0.457 e. The molecule has 2 aromatic carbocycles. The van der Waals surface area contributed by atoms with Crippen LogP contribution in [0.15, 0.2) is 78.8 Å². The van der Waals surface area contributed by atoms with Crippen LogP contribution in [0.1, 0.15) is 26.5 Å². The molecule has 0 radical (unpaired) electrons. The molecule has 1 aromatic heterocycles. The standard InChI is InChI=1S/C21H22Br2NO2P/c1-15-12-13-20(25-15)27(21(2,3)4,24-19-11-6-5-10-18(19)23)26-17-9-7-8-16(22)14-17/h5-14H,1-4H3/t27-/m0/s1. The zero-order valence-electron chi connectivity index (χ0n) is 15.7. The first-order valence-electron chi connectivity index (χ1n) is 8.60. The highest BCUT2D eigenvalue weighted by molar-refractivity contribution is 9.10. The van der Waals surface area contributed by atoms with Crippen LogP contribution < -0.4 is 10.0 Å². The van der Waals surface area contributed by atoms with Crippen molar-refractivity contribution >= 4 is 50.3 Å². The van der Waals surface area contributed by atoms with Gasteiger partial charge in [-0.2, -0.15) is 0 Å². The lowest BCUT2D eigenvalue weighted by Crippen LogP contribution is -2.26. The average Bonchev–Trinajstić information content (AvgIpc) is 3.02. The smallest absolute Gasteiger partial charge is 0.207 e. The predicted octanol–water partition coefficient (Wildman–Crippen LogP) is 8.06. The van der Waals surface area contributed by atoms with Gasteiger partial charge in [0.1, 0.15) is 11.5 Å². The molecule has 0 aliphatic heterocycles. The Kier molecular flexibility index (Phi) is 6.05. The minimum atomic E-state index is -2.59. The molecule has 3 rings (SSSR count). The van der Waals surface area contributed by atoms with E-state index in [-0.39, 0.29) is 5.16 Å². The van der Waals surface area contributed by atoms with E-state index in [9.17, 15) is 0 Å². The topological polar surface area (TPSA) is 34.7 Å². The fraction of sp³-hybridized carbons (Fsp3) is 0.238. The summed E-state index contributed by atoms with van der Waals surface area (Å²) >= 11 is 7.15. The molecule has 6 heteroatoms. The van der Waals surface area contributed by atoms with Crippen molar-refractivity contribution in [2.75, 3.05) is 0 Å². The molecule has 3 nitrogen and oxygen atoms in total. The Morgan fingerprint density at radius 1 is 0.963 bits per heavy atom. The van der Waals surface area contributed by atoms with Crippen LogP contribution in [0.5, 0.6) is 5.75 Å². The lowest BCUT2D eigenvalue weighted by Gasteiger charge is -2.35. The number of rotatable bonds is 4. The molecule has 0 unspecified atom stereocenters. The van der Waals surface area contributed by atoms with E-state index in [1.54, 1.807) is 0 Å². The van der Waals surface area contributed by atoms with Gasteiger partial charge in [0.25, 0.3) is 0 Å². The minimum absolute atomic E-state index is 0.283. The molecule has 1 atom stereocenters. The van der Waals surface area contributed by atoms with Crippen LogP contribution in [0.3, 0.4) is 0 Å². The quantitative estimate of drug-likeness (QED) is 0.332. The number of hydrogen-bond acceptors (Lipinski definition) is 3. The highest BCUT2D eigenvalue weighted by atomic mass is 79.9. The van der Waals surface area contributed by atoms with Gasteiger partial charge in [0, 0.05) is 14.1 Å². The van der Waals surface area contributed by atoms with Crippen molar-refractivity contribution in [2.45, 2.75) is 32.9 Å². The van der Waals surface area contributed by atoms with Crippen molar-refractivity contribution in [3.05, 3.63) is 75.4 Å². The van der Waals surface area contributed by atoms with E-state index in [0.717, 1.165) is 31.6 Å². The van der Waals surface area contributed by atoms with E-state index in [2.05, 4.69) is 52.6 Å². The molecule has 0 saturated carbocycles. The van der Waals surface area contributed by atoms with Crippen molar-refractivity contribution in [1.82, 2.24) is 0 Å². The van der Waals surface area contributed by atoms with Gasteiger partial charge in [0.15, 0.2) is 5.50 Å². The van der Waals surface area contributed by atoms with E-state index >= 15 is 0 Å². The van der Waals surface area contributed by atoms with Gasteiger partial charge in [-0.05, 0) is 65.3 Å². The fourth-order valence-electron chi connectivity index (χ4n) is 2.68. The molecule has 1 heterocycles. The number of hydrogen-bond donors (Lipinski definition) is 0. The first-order valence-corrected chi connectivity index (χ1v) is 11.8. The summed E-state index contributed by atoms with van der Waals surface area (Å²) in [5, 5.41) is -0.283. The first-order chi connectivity index (χ1) is 12.7. The third kappa shape index (κ3) is 4.42. The van der Waals surface area contributed by atoms with Crippen molar-refractivity contribution in [2.24, 2.45) is 4.74 Å². The maximum atomic E-state index is 6.71. The summed E-state index contributed by atoms with van der Waals surface area (Å²) in [5.74, 6) is 1.61. The third-order valence-corrected chi connectivity index (χ3v) is 8.86. The van der Waals surface area contributed by atoms with Crippen LogP contribution in [0.4, 0.5) is 5.69 Å². The molecular weight excluding hydrogens is 489 g/mol. The van der Waals surface area contributed by atoms with Gasteiger partial charge in [-0.25, -0.2) is 4.74 Å². The fourth-order valence-corrected chi connectivity index (χ4v) is 6.47. The SMILES string of the molecule is Cc1ccc([P@](=Nc2ccccc2Br)(Oc2cccc(Br)c2)C(C)(C)C)o1. The molecule has 0 aliphatic carbocycles. The predicted molar refractivity (Wildman–Crippen MR) is 121 cm³/mol. The highest BCUT2D eigenvalue weighted by Gasteiger charge is 2.41. The van der Waals surface area contributed by atoms with Gasteiger partial charge < -0.3 is 8.94 Å². The average molecular weight is 511 g/mol. The number of benzene rings is 2. The molecule has 0 N–H and O–H groups in total. The van der Waals surface area contributed by atoms with E-state index in [4.69, 9.17) is 13.7 Å². The maximum absolute atomic E-state index is 6.71. The van der Waals surface area contributed by atoms with Gasteiger partial charge in [-0.3, -0.25) is 0 Å². The van der Waals surface area contributed by atoms with Gasteiger partial charge in [0.2, 0.25) is 7.28 Å². The van der Waals surface area contributed by atoms with Crippen LogP contribution >= 0.6 is 39.1 Å². The maximum Gasteiger partial charge on any atom is 0.207 e. The molecule has 0 spiro atoms. The molecule has 0 saturated heterocycles. The molecular formula is C21H22Br2NO2P. The van der Waals surface area contributed by atoms with Crippen LogP contribution in [0.25, 0.3) is 0 Å². The van der Waals surface area contributed by atoms with Crippen LogP contribution in [-0.4, -0.2) is 5.16 Å². The first kappa shape index (κ1) is 20.4. The van der Waals surface area contributed by atoms with E-state index < -0.39 is 7.28 Å². The molecule has 0 bridgehead atoms. The molecule has 0 amide bonds.